The number of anilines is 2. The van der Waals surface area contributed by atoms with Crippen LogP contribution in [0.15, 0.2) is 176 Å². The van der Waals surface area contributed by atoms with E-state index in [0.717, 1.165) is 0 Å². The number of para-hydroxylation sites is 1. The van der Waals surface area contributed by atoms with Crippen LogP contribution in [0.2, 0.25) is 0 Å². The van der Waals surface area contributed by atoms with Crippen LogP contribution in [-0.4, -0.2) is 5.54 Å². The summed E-state index contributed by atoms with van der Waals surface area (Å²) >= 11 is 0. The Balaban J connectivity index is 1.16. The highest BCUT2D eigenvalue weighted by Crippen LogP contribution is 2.65. The maximum Gasteiger partial charge on any atom is 0.0518 e. The van der Waals surface area contributed by atoms with Gasteiger partial charge >= 0.3 is 0 Å². The molecule has 1 aliphatic heterocycles. The number of fused-ring (bicyclic) bond motifs is 9. The lowest BCUT2D eigenvalue weighted by Crippen LogP contribution is -2.60. The molecular weight excluding hydrogens is 687 g/mol. The van der Waals surface area contributed by atoms with Crippen LogP contribution in [0.1, 0.15) is 32.3 Å². The Morgan fingerprint density at radius 1 is 0.404 bits per heavy atom. The smallest absolute Gasteiger partial charge is 0.0518 e. The number of nitrogens with zero attached hydrogens (tertiary/aromatic N) is 1. The van der Waals surface area contributed by atoms with Crippen LogP contribution in [0.4, 0.5) is 11.4 Å². The minimum absolute atomic E-state index is 0.0595. The van der Waals surface area contributed by atoms with Crippen molar-refractivity contribution in [3.05, 3.63) is 181 Å². The molecule has 1 fully saturated rings. The van der Waals surface area contributed by atoms with Gasteiger partial charge in [-0.2, -0.15) is 0 Å². The molecular formula is C56H39N. The molecule has 2 unspecified atom stereocenters. The van der Waals surface area contributed by atoms with Crippen LogP contribution >= 0.6 is 0 Å². The average Bonchev–Trinajstić information content (AvgIpc) is 3.82. The van der Waals surface area contributed by atoms with Gasteiger partial charge in [-0.3, -0.25) is 0 Å². The van der Waals surface area contributed by atoms with E-state index >= 15 is 0 Å². The molecule has 1 heterocycles. The first-order valence-electron chi connectivity index (χ1n) is 20.5. The van der Waals surface area contributed by atoms with E-state index in [1.54, 1.807) is 0 Å². The summed E-state index contributed by atoms with van der Waals surface area (Å²) in [4.78, 5) is 2.63. The van der Waals surface area contributed by atoms with E-state index in [9.17, 15) is 0 Å². The largest absolute Gasteiger partial charge is 0.334 e. The van der Waals surface area contributed by atoms with E-state index in [-0.39, 0.29) is 11.0 Å². The molecule has 2 aliphatic rings. The van der Waals surface area contributed by atoms with Crippen molar-refractivity contribution in [1.82, 2.24) is 0 Å². The molecule has 11 aromatic rings. The van der Waals surface area contributed by atoms with Crippen LogP contribution < -0.4 is 4.90 Å². The second kappa shape index (κ2) is 11.0. The predicted octanol–water partition coefficient (Wildman–Crippen LogP) is 15.4. The van der Waals surface area contributed by atoms with Crippen LogP contribution in [0.3, 0.4) is 0 Å². The van der Waals surface area contributed by atoms with Gasteiger partial charge in [0, 0.05) is 16.8 Å². The highest BCUT2D eigenvalue weighted by Gasteiger charge is 2.63. The molecule has 1 heteroatoms. The number of benzene rings is 9. The van der Waals surface area contributed by atoms with Crippen molar-refractivity contribution in [2.45, 2.75) is 37.6 Å². The zero-order chi connectivity index (χ0) is 37.6. The molecule has 11 aromatic carbocycles. The van der Waals surface area contributed by atoms with Gasteiger partial charge in [0.05, 0.1) is 5.54 Å². The Labute approximate surface area is 332 Å². The summed E-state index contributed by atoms with van der Waals surface area (Å²) in [5.41, 5.74) is 12.1. The van der Waals surface area contributed by atoms with Gasteiger partial charge in [0.25, 0.3) is 0 Å². The summed E-state index contributed by atoms with van der Waals surface area (Å²) < 4.78 is 0. The maximum atomic E-state index is 2.63. The Hall–Kier alpha value is -6.70. The predicted molar refractivity (Wildman–Crippen MR) is 244 cm³/mol. The zero-order valence-electron chi connectivity index (χ0n) is 32.1. The van der Waals surface area contributed by atoms with Crippen molar-refractivity contribution < 1.29 is 0 Å². The number of rotatable bonds is 4. The molecule has 0 N–H and O–H groups in total. The standard InChI is InChI=1S/C56H39N/c1-55-31-32-56(55,2)57(38-21-10-5-11-22-38)46-30-27-37(33-45(46)55)39-28-29-44-50-40(39)23-14-26-43(50)53-48(35-15-6-3-7-16-35)51-41-24-12-19-34-20-13-25-42(47(34)41)52(51)49(54(44)53)36-17-8-4-9-18-36/h3-30,33H,31-32H2,1-2H3. The van der Waals surface area contributed by atoms with Gasteiger partial charge in [0.1, 0.15) is 0 Å². The summed E-state index contributed by atoms with van der Waals surface area (Å²) in [6.45, 7) is 4.98. The summed E-state index contributed by atoms with van der Waals surface area (Å²) in [6, 6.07) is 66.3. The lowest BCUT2D eigenvalue weighted by molar-refractivity contribution is 0.133. The Kier molecular flexibility index (Phi) is 6.07. The van der Waals surface area contributed by atoms with E-state index in [1.807, 2.05) is 0 Å². The summed E-state index contributed by atoms with van der Waals surface area (Å²) in [6.07, 6.45) is 2.40. The SMILES string of the molecule is CC12CCC1(C)N(c1ccccc1)c1ccc(-c3ccc4c5c(-c6ccccc6)c6c7cccc8cccc(c6c(-c6ccccc6)c5c5cccc3c54)c87)cc12. The normalized spacial score (nSPS) is 19.0. The van der Waals surface area contributed by atoms with Crippen LogP contribution in [-0.2, 0) is 5.41 Å². The van der Waals surface area contributed by atoms with Gasteiger partial charge in [0.15, 0.2) is 0 Å². The van der Waals surface area contributed by atoms with Crippen molar-refractivity contribution in [1.29, 1.82) is 0 Å². The first-order valence-corrected chi connectivity index (χ1v) is 20.5. The molecule has 0 saturated heterocycles. The molecule has 0 aromatic heterocycles. The topological polar surface area (TPSA) is 3.24 Å². The lowest BCUT2D eigenvalue weighted by Gasteiger charge is -2.56. The minimum Gasteiger partial charge on any atom is -0.334 e. The third kappa shape index (κ3) is 3.85. The van der Waals surface area contributed by atoms with E-state index in [4.69, 9.17) is 0 Å². The van der Waals surface area contributed by atoms with Gasteiger partial charge in [-0.15, -0.1) is 0 Å². The fraction of sp³-hybridized carbons (Fsp3) is 0.107. The van der Waals surface area contributed by atoms with Gasteiger partial charge in [-0.1, -0.05) is 159 Å². The van der Waals surface area contributed by atoms with E-state index < -0.39 is 0 Å². The highest BCUT2D eigenvalue weighted by molar-refractivity contribution is 6.46. The first kappa shape index (κ1) is 31.5. The van der Waals surface area contributed by atoms with Crippen LogP contribution in [0.5, 0.6) is 0 Å². The molecule has 0 bridgehead atoms. The fourth-order valence-electron chi connectivity index (χ4n) is 11.7. The molecule has 2 atom stereocenters. The molecule has 1 saturated carbocycles. The third-order valence-electron chi connectivity index (χ3n) is 14.6. The lowest BCUT2D eigenvalue weighted by atomic mass is 9.55. The van der Waals surface area contributed by atoms with Crippen LogP contribution in [0.25, 0.3) is 98.0 Å². The van der Waals surface area contributed by atoms with Crippen molar-refractivity contribution in [2.24, 2.45) is 0 Å². The molecule has 13 rings (SSSR count). The molecule has 0 amide bonds. The number of hydrogen-bond donors (Lipinski definition) is 0. The second-order valence-corrected chi connectivity index (χ2v) is 17.1. The van der Waals surface area contributed by atoms with E-state index in [0.29, 0.717) is 0 Å². The maximum absolute atomic E-state index is 2.63. The summed E-state index contributed by atoms with van der Waals surface area (Å²) in [5, 5.41) is 16.1. The van der Waals surface area contributed by atoms with Crippen LogP contribution in [0, 0.1) is 0 Å². The molecule has 0 spiro atoms. The second-order valence-electron chi connectivity index (χ2n) is 17.1. The Bertz CT molecular complexity index is 3290. The Morgan fingerprint density at radius 3 is 1.51 bits per heavy atom. The number of hydrogen-bond acceptors (Lipinski definition) is 1. The van der Waals surface area contributed by atoms with Gasteiger partial charge in [-0.05, 0) is 148 Å². The summed E-state index contributed by atoms with van der Waals surface area (Å²) in [7, 11) is 0. The average molecular weight is 726 g/mol. The van der Waals surface area contributed by atoms with Crippen molar-refractivity contribution in [3.63, 3.8) is 0 Å². The fourth-order valence-corrected chi connectivity index (χ4v) is 11.7. The van der Waals surface area contributed by atoms with Crippen molar-refractivity contribution >= 4 is 76.0 Å². The molecule has 1 aliphatic carbocycles. The monoisotopic (exact) mass is 725 g/mol. The van der Waals surface area contributed by atoms with Gasteiger partial charge in [0.2, 0.25) is 0 Å². The van der Waals surface area contributed by atoms with E-state index in [1.165, 1.54) is 128 Å². The Morgan fingerprint density at radius 2 is 0.930 bits per heavy atom. The van der Waals surface area contributed by atoms with E-state index in [2.05, 4.69) is 195 Å². The molecule has 1 nitrogen and oxygen atoms in total. The molecule has 57 heavy (non-hydrogen) atoms. The highest BCUT2D eigenvalue weighted by atomic mass is 15.3. The quantitative estimate of drug-likeness (QED) is 0.175. The molecule has 268 valence electrons. The first-order chi connectivity index (χ1) is 28.0. The van der Waals surface area contributed by atoms with Crippen molar-refractivity contribution in [2.75, 3.05) is 4.90 Å². The molecule has 0 radical (unpaired) electrons. The zero-order valence-corrected chi connectivity index (χ0v) is 32.1. The third-order valence-corrected chi connectivity index (χ3v) is 14.6. The van der Waals surface area contributed by atoms with Crippen molar-refractivity contribution in [3.8, 4) is 33.4 Å². The summed E-state index contributed by atoms with van der Waals surface area (Å²) in [5.74, 6) is 0. The van der Waals surface area contributed by atoms with Gasteiger partial charge < -0.3 is 4.90 Å². The van der Waals surface area contributed by atoms with Gasteiger partial charge in [-0.25, -0.2) is 0 Å². The minimum atomic E-state index is 0.0595.